The molecule has 1 aliphatic heterocycles. The first-order chi connectivity index (χ1) is 10.2. The SMILES string of the molecule is CCCN(CC1CCCCN1)C(=O)c1cc(Cl)cn1CC. The fraction of sp³-hybridized carbons (Fsp3) is 0.688. The van der Waals surface area contributed by atoms with Crippen molar-refractivity contribution in [1.82, 2.24) is 14.8 Å². The Kier molecular flexibility index (Phi) is 6.12. The molecule has 1 saturated heterocycles. The van der Waals surface area contributed by atoms with Crippen molar-refractivity contribution in [3.05, 3.63) is 23.0 Å². The molecule has 1 aromatic heterocycles. The number of hydrogen-bond acceptors (Lipinski definition) is 2. The van der Waals surface area contributed by atoms with Gasteiger partial charge in [-0.1, -0.05) is 24.9 Å². The molecule has 1 aliphatic rings. The summed E-state index contributed by atoms with van der Waals surface area (Å²) < 4.78 is 1.93. The van der Waals surface area contributed by atoms with E-state index in [9.17, 15) is 4.79 Å². The Labute approximate surface area is 132 Å². The molecule has 1 unspecified atom stereocenters. The van der Waals surface area contributed by atoms with E-state index in [1.165, 1.54) is 12.8 Å². The van der Waals surface area contributed by atoms with E-state index in [4.69, 9.17) is 11.6 Å². The summed E-state index contributed by atoms with van der Waals surface area (Å²) in [6, 6.07) is 2.21. The van der Waals surface area contributed by atoms with Crippen LogP contribution in [-0.2, 0) is 6.54 Å². The number of nitrogens with one attached hydrogen (secondary N) is 1. The van der Waals surface area contributed by atoms with Crippen LogP contribution in [0.5, 0.6) is 0 Å². The Hall–Kier alpha value is -1.00. The summed E-state index contributed by atoms with van der Waals surface area (Å²) in [5, 5.41) is 4.15. The van der Waals surface area contributed by atoms with E-state index in [1.807, 2.05) is 22.6 Å². The minimum absolute atomic E-state index is 0.0953. The van der Waals surface area contributed by atoms with Crippen LogP contribution in [0, 0.1) is 0 Å². The standard InChI is InChI=1S/C16H26ClN3O/c1-3-9-20(12-14-7-5-6-8-18-14)16(21)15-10-13(17)11-19(15)4-2/h10-11,14,18H,3-9,12H2,1-2H3. The predicted octanol–water partition coefficient (Wildman–Crippen LogP) is 3.16. The summed E-state index contributed by atoms with van der Waals surface area (Å²) in [6.07, 6.45) is 6.45. The number of hydrogen-bond donors (Lipinski definition) is 1. The van der Waals surface area contributed by atoms with E-state index in [1.54, 1.807) is 6.07 Å². The van der Waals surface area contributed by atoms with E-state index >= 15 is 0 Å². The lowest BCUT2D eigenvalue weighted by atomic mass is 10.0. The molecule has 1 atom stereocenters. The summed E-state index contributed by atoms with van der Waals surface area (Å²) >= 11 is 6.06. The Bertz CT molecular complexity index is 466. The van der Waals surface area contributed by atoms with Crippen molar-refractivity contribution in [2.45, 2.75) is 52.1 Å². The van der Waals surface area contributed by atoms with Gasteiger partial charge < -0.3 is 14.8 Å². The number of rotatable bonds is 6. The summed E-state index contributed by atoms with van der Waals surface area (Å²) in [4.78, 5) is 14.8. The number of aryl methyl sites for hydroxylation is 1. The number of aromatic nitrogens is 1. The van der Waals surface area contributed by atoms with Crippen LogP contribution in [0.3, 0.4) is 0 Å². The van der Waals surface area contributed by atoms with Gasteiger partial charge >= 0.3 is 0 Å². The summed E-state index contributed by atoms with van der Waals surface area (Å²) in [7, 11) is 0. The zero-order valence-corrected chi connectivity index (χ0v) is 13.8. The summed E-state index contributed by atoms with van der Waals surface area (Å²) in [5.41, 5.74) is 0.701. The summed E-state index contributed by atoms with van der Waals surface area (Å²) in [6.45, 7) is 7.55. The van der Waals surface area contributed by atoms with Gasteiger partial charge in [-0.15, -0.1) is 0 Å². The smallest absolute Gasteiger partial charge is 0.270 e. The van der Waals surface area contributed by atoms with Crippen molar-refractivity contribution >= 4 is 17.5 Å². The van der Waals surface area contributed by atoms with Crippen LogP contribution in [0.2, 0.25) is 5.02 Å². The number of nitrogens with zero attached hydrogens (tertiary/aromatic N) is 2. The van der Waals surface area contributed by atoms with Gasteiger partial charge in [0.05, 0.1) is 5.02 Å². The molecule has 2 rings (SSSR count). The molecule has 0 radical (unpaired) electrons. The molecule has 1 N–H and O–H groups in total. The predicted molar refractivity (Wildman–Crippen MR) is 87.0 cm³/mol. The van der Waals surface area contributed by atoms with Crippen LogP contribution >= 0.6 is 11.6 Å². The lowest BCUT2D eigenvalue weighted by Gasteiger charge is -2.30. The highest BCUT2D eigenvalue weighted by atomic mass is 35.5. The average molecular weight is 312 g/mol. The van der Waals surface area contributed by atoms with Crippen LogP contribution in [0.15, 0.2) is 12.3 Å². The van der Waals surface area contributed by atoms with Crippen LogP contribution in [0.1, 0.15) is 50.0 Å². The number of carbonyl (C=O) groups is 1. The normalized spacial score (nSPS) is 18.7. The molecule has 0 aromatic carbocycles. The maximum atomic E-state index is 12.8. The van der Waals surface area contributed by atoms with Gasteiger partial charge in [0.25, 0.3) is 5.91 Å². The first-order valence-electron chi connectivity index (χ1n) is 8.04. The molecule has 4 nitrogen and oxygen atoms in total. The van der Waals surface area contributed by atoms with Gasteiger partial charge in [-0.2, -0.15) is 0 Å². The van der Waals surface area contributed by atoms with E-state index in [2.05, 4.69) is 12.2 Å². The first kappa shape index (κ1) is 16.4. The van der Waals surface area contributed by atoms with Gasteiger partial charge in [-0.05, 0) is 38.8 Å². The monoisotopic (exact) mass is 311 g/mol. The molecule has 118 valence electrons. The van der Waals surface area contributed by atoms with E-state index in [-0.39, 0.29) is 5.91 Å². The topological polar surface area (TPSA) is 37.3 Å². The zero-order chi connectivity index (χ0) is 15.2. The van der Waals surface area contributed by atoms with Gasteiger partial charge in [0.1, 0.15) is 5.69 Å². The average Bonchev–Trinajstić information content (AvgIpc) is 2.88. The van der Waals surface area contributed by atoms with Crippen LogP contribution < -0.4 is 5.32 Å². The van der Waals surface area contributed by atoms with Gasteiger partial charge in [-0.3, -0.25) is 4.79 Å². The molecule has 21 heavy (non-hydrogen) atoms. The lowest BCUT2D eigenvalue weighted by molar-refractivity contribution is 0.0721. The van der Waals surface area contributed by atoms with Crippen LogP contribution in [0.4, 0.5) is 0 Å². The minimum atomic E-state index is 0.0953. The number of halogens is 1. The molecule has 5 heteroatoms. The highest BCUT2D eigenvalue weighted by Gasteiger charge is 2.23. The Balaban J connectivity index is 2.10. The van der Waals surface area contributed by atoms with E-state index < -0.39 is 0 Å². The lowest BCUT2D eigenvalue weighted by Crippen LogP contribution is -2.46. The summed E-state index contributed by atoms with van der Waals surface area (Å²) in [5.74, 6) is 0.0953. The highest BCUT2D eigenvalue weighted by Crippen LogP contribution is 2.17. The molecule has 1 amide bonds. The molecular weight excluding hydrogens is 286 g/mol. The minimum Gasteiger partial charge on any atom is -0.342 e. The molecule has 0 aliphatic carbocycles. The quantitative estimate of drug-likeness (QED) is 0.876. The largest absolute Gasteiger partial charge is 0.342 e. The first-order valence-corrected chi connectivity index (χ1v) is 8.41. The third kappa shape index (κ3) is 4.24. The molecule has 2 heterocycles. The molecule has 1 fully saturated rings. The maximum absolute atomic E-state index is 12.8. The van der Waals surface area contributed by atoms with Crippen molar-refractivity contribution < 1.29 is 4.79 Å². The third-order valence-electron chi connectivity index (χ3n) is 4.06. The van der Waals surface area contributed by atoms with E-state index in [0.717, 1.165) is 39.0 Å². The van der Waals surface area contributed by atoms with E-state index in [0.29, 0.717) is 16.8 Å². The fourth-order valence-electron chi connectivity index (χ4n) is 2.97. The van der Waals surface area contributed by atoms with Crippen LogP contribution in [0.25, 0.3) is 0 Å². The second-order valence-corrected chi connectivity index (χ2v) is 6.16. The molecular formula is C16H26ClN3O. The molecule has 0 spiro atoms. The van der Waals surface area contributed by atoms with Gasteiger partial charge in [0.15, 0.2) is 0 Å². The van der Waals surface area contributed by atoms with Crippen molar-refractivity contribution in [1.29, 1.82) is 0 Å². The number of piperidine rings is 1. The zero-order valence-electron chi connectivity index (χ0n) is 13.1. The number of amides is 1. The molecule has 0 saturated carbocycles. The van der Waals surface area contributed by atoms with Gasteiger partial charge in [0.2, 0.25) is 0 Å². The van der Waals surface area contributed by atoms with Crippen molar-refractivity contribution in [2.75, 3.05) is 19.6 Å². The Morgan fingerprint density at radius 2 is 2.29 bits per heavy atom. The fourth-order valence-corrected chi connectivity index (χ4v) is 3.19. The highest BCUT2D eigenvalue weighted by molar-refractivity contribution is 6.31. The molecule has 1 aromatic rings. The van der Waals surface area contributed by atoms with Gasteiger partial charge in [0, 0.05) is 31.9 Å². The van der Waals surface area contributed by atoms with Crippen LogP contribution in [-0.4, -0.2) is 41.1 Å². The van der Waals surface area contributed by atoms with Crippen molar-refractivity contribution in [2.24, 2.45) is 0 Å². The van der Waals surface area contributed by atoms with Crippen molar-refractivity contribution in [3.8, 4) is 0 Å². The Morgan fingerprint density at radius 1 is 1.48 bits per heavy atom. The second kappa shape index (κ2) is 7.85. The molecule has 0 bridgehead atoms. The van der Waals surface area contributed by atoms with Gasteiger partial charge in [-0.25, -0.2) is 0 Å². The Morgan fingerprint density at radius 3 is 2.90 bits per heavy atom. The maximum Gasteiger partial charge on any atom is 0.270 e. The number of carbonyl (C=O) groups excluding carboxylic acids is 1. The second-order valence-electron chi connectivity index (χ2n) is 5.73. The van der Waals surface area contributed by atoms with Crippen molar-refractivity contribution in [3.63, 3.8) is 0 Å². The third-order valence-corrected chi connectivity index (χ3v) is 4.26.